The summed E-state index contributed by atoms with van der Waals surface area (Å²) in [6, 6.07) is 19.4. The molecule has 5 heteroatoms. The van der Waals surface area contributed by atoms with Crippen LogP contribution in [0.4, 0.5) is 17.6 Å². The average Bonchev–Trinajstić information content (AvgIpc) is 2.74. The summed E-state index contributed by atoms with van der Waals surface area (Å²) in [6.07, 6.45) is 1.95. The number of halogens is 4. The Kier molecular flexibility index (Phi) is 5.94. The maximum atomic E-state index is 15.2. The third kappa shape index (κ3) is 4.41. The van der Waals surface area contributed by atoms with Gasteiger partial charge in [0.2, 0.25) is 0 Å². The van der Waals surface area contributed by atoms with Gasteiger partial charge in [-0.15, -0.1) is 0 Å². The second kappa shape index (κ2) is 8.80. The molecule has 0 aromatic heterocycles. The van der Waals surface area contributed by atoms with Crippen molar-refractivity contribution in [2.75, 3.05) is 0 Å². The highest BCUT2D eigenvalue weighted by Crippen LogP contribution is 2.33. The van der Waals surface area contributed by atoms with Crippen LogP contribution in [0.2, 0.25) is 0 Å². The molecule has 0 aliphatic rings. The maximum Gasteiger partial charge on any atom is 0.387 e. The minimum Gasteiger partial charge on any atom is -0.435 e. The first-order valence-corrected chi connectivity index (χ1v) is 10.0. The van der Waals surface area contributed by atoms with E-state index in [1.807, 2.05) is 18.2 Å². The van der Waals surface area contributed by atoms with Crippen molar-refractivity contribution in [1.82, 2.24) is 0 Å². The number of hydrogen-bond acceptors (Lipinski definition) is 1. The lowest BCUT2D eigenvalue weighted by Gasteiger charge is -2.11. The summed E-state index contributed by atoms with van der Waals surface area (Å²) in [4.78, 5) is 0. The zero-order valence-electron chi connectivity index (χ0n) is 16.8. The molecule has 4 aromatic carbocycles. The van der Waals surface area contributed by atoms with Crippen LogP contribution in [-0.4, -0.2) is 6.61 Å². The maximum absolute atomic E-state index is 15.2. The third-order valence-electron chi connectivity index (χ3n) is 5.23. The van der Waals surface area contributed by atoms with Crippen molar-refractivity contribution in [2.24, 2.45) is 0 Å². The van der Waals surface area contributed by atoms with Crippen LogP contribution in [0.5, 0.6) is 5.75 Å². The molecule has 0 N–H and O–H groups in total. The number of benzene rings is 4. The van der Waals surface area contributed by atoms with E-state index in [0.29, 0.717) is 22.1 Å². The van der Waals surface area contributed by atoms with E-state index in [1.165, 1.54) is 30.3 Å². The van der Waals surface area contributed by atoms with E-state index in [1.54, 1.807) is 24.3 Å². The molecule has 4 rings (SSSR count). The highest BCUT2D eigenvalue weighted by atomic mass is 19.3. The van der Waals surface area contributed by atoms with Crippen LogP contribution in [0.15, 0.2) is 72.8 Å². The molecule has 0 spiro atoms. The Morgan fingerprint density at radius 2 is 1.48 bits per heavy atom. The number of aryl methyl sites for hydroxylation is 1. The Hall–Kier alpha value is -3.34. The molecule has 0 amide bonds. The molecule has 1 nitrogen and oxygen atoms in total. The smallest absolute Gasteiger partial charge is 0.387 e. The third-order valence-corrected chi connectivity index (χ3v) is 5.23. The highest BCUT2D eigenvalue weighted by molar-refractivity contribution is 5.89. The monoisotopic (exact) mass is 424 g/mol. The van der Waals surface area contributed by atoms with Gasteiger partial charge in [0.25, 0.3) is 0 Å². The van der Waals surface area contributed by atoms with E-state index in [0.717, 1.165) is 23.8 Å². The Morgan fingerprint density at radius 1 is 0.774 bits per heavy atom. The molecule has 0 aliphatic heterocycles. The van der Waals surface area contributed by atoms with Gasteiger partial charge in [-0.05, 0) is 46.7 Å². The first kappa shape index (κ1) is 20.9. The fourth-order valence-corrected chi connectivity index (χ4v) is 3.74. The highest BCUT2D eigenvalue weighted by Gasteiger charge is 2.13. The lowest BCUT2D eigenvalue weighted by Crippen LogP contribution is -2.01. The molecule has 0 fully saturated rings. The first-order chi connectivity index (χ1) is 15.0. The van der Waals surface area contributed by atoms with Crippen molar-refractivity contribution in [1.29, 1.82) is 0 Å². The number of alkyl halides is 2. The van der Waals surface area contributed by atoms with Gasteiger partial charge in [-0.1, -0.05) is 67.9 Å². The van der Waals surface area contributed by atoms with Crippen LogP contribution < -0.4 is 4.74 Å². The molecular weight excluding hydrogens is 404 g/mol. The van der Waals surface area contributed by atoms with Crippen LogP contribution in [0.1, 0.15) is 18.9 Å². The number of fused-ring (bicyclic) bond motifs is 1. The SMILES string of the molecule is CCCc1ccc2c(F)c(-c3ccc(-c4ccc(OC(F)F)cc4)c(F)c3)ccc2c1. The van der Waals surface area contributed by atoms with Crippen molar-refractivity contribution in [3.63, 3.8) is 0 Å². The summed E-state index contributed by atoms with van der Waals surface area (Å²) in [5.74, 6) is -0.921. The predicted molar refractivity (Wildman–Crippen MR) is 115 cm³/mol. The van der Waals surface area contributed by atoms with Crippen LogP contribution in [0.25, 0.3) is 33.0 Å². The summed E-state index contributed by atoms with van der Waals surface area (Å²) in [5.41, 5.74) is 2.70. The van der Waals surface area contributed by atoms with Crippen LogP contribution >= 0.6 is 0 Å². The van der Waals surface area contributed by atoms with Gasteiger partial charge in [-0.25, -0.2) is 8.78 Å². The van der Waals surface area contributed by atoms with Crippen LogP contribution in [-0.2, 0) is 6.42 Å². The zero-order chi connectivity index (χ0) is 22.0. The molecule has 31 heavy (non-hydrogen) atoms. The molecule has 0 saturated heterocycles. The molecular formula is C26H20F4O. The Morgan fingerprint density at radius 3 is 2.16 bits per heavy atom. The molecule has 0 unspecified atom stereocenters. The van der Waals surface area contributed by atoms with E-state index in [4.69, 9.17) is 0 Å². The summed E-state index contributed by atoms with van der Waals surface area (Å²) < 4.78 is 58.9. The molecule has 0 radical (unpaired) electrons. The van der Waals surface area contributed by atoms with Gasteiger partial charge in [0.15, 0.2) is 0 Å². The van der Waals surface area contributed by atoms with Crippen LogP contribution in [0, 0.1) is 11.6 Å². The van der Waals surface area contributed by atoms with E-state index in [2.05, 4.69) is 11.7 Å². The van der Waals surface area contributed by atoms with E-state index >= 15 is 4.39 Å². The number of rotatable bonds is 6. The lowest BCUT2D eigenvalue weighted by molar-refractivity contribution is -0.0498. The fraction of sp³-hybridized carbons (Fsp3) is 0.154. The van der Waals surface area contributed by atoms with Crippen molar-refractivity contribution in [3.05, 3.63) is 90.0 Å². The Bertz CT molecular complexity index is 1220. The van der Waals surface area contributed by atoms with E-state index < -0.39 is 12.4 Å². The standard InChI is InChI=1S/C26H20F4O/c1-2-3-16-4-11-22-18(14-16)8-13-23(25(22)28)19-7-12-21(24(27)15-19)17-5-9-20(10-6-17)31-26(29)30/h4-15,26H,2-3H2,1H3. The molecule has 0 aliphatic carbocycles. The number of hydrogen-bond donors (Lipinski definition) is 0. The van der Waals surface area contributed by atoms with Crippen LogP contribution in [0.3, 0.4) is 0 Å². The minimum atomic E-state index is -2.92. The van der Waals surface area contributed by atoms with Crippen molar-refractivity contribution >= 4 is 10.8 Å². The zero-order valence-corrected chi connectivity index (χ0v) is 16.8. The average molecular weight is 424 g/mol. The molecule has 0 atom stereocenters. The topological polar surface area (TPSA) is 9.23 Å². The van der Waals surface area contributed by atoms with Gasteiger partial charge < -0.3 is 4.74 Å². The quantitative estimate of drug-likeness (QED) is 0.285. The largest absolute Gasteiger partial charge is 0.435 e. The second-order valence-electron chi connectivity index (χ2n) is 7.33. The predicted octanol–water partition coefficient (Wildman–Crippen LogP) is 8.01. The number of ether oxygens (including phenoxy) is 1. The lowest BCUT2D eigenvalue weighted by atomic mass is 9.96. The molecule has 0 saturated carbocycles. The Labute approximate surface area is 177 Å². The first-order valence-electron chi connectivity index (χ1n) is 10.0. The van der Waals surface area contributed by atoms with Gasteiger partial charge >= 0.3 is 6.61 Å². The van der Waals surface area contributed by atoms with Gasteiger partial charge in [0.05, 0.1) is 0 Å². The summed E-state index contributed by atoms with van der Waals surface area (Å²) in [7, 11) is 0. The van der Waals surface area contributed by atoms with E-state index in [-0.39, 0.29) is 17.1 Å². The minimum absolute atomic E-state index is 0.00360. The van der Waals surface area contributed by atoms with Crippen molar-refractivity contribution < 1.29 is 22.3 Å². The van der Waals surface area contributed by atoms with Gasteiger partial charge in [-0.2, -0.15) is 8.78 Å². The molecule has 0 bridgehead atoms. The normalized spacial score (nSPS) is 11.3. The fourth-order valence-electron chi connectivity index (χ4n) is 3.74. The van der Waals surface area contributed by atoms with E-state index in [9.17, 15) is 13.2 Å². The molecule has 0 heterocycles. The van der Waals surface area contributed by atoms with Gasteiger partial charge in [-0.3, -0.25) is 0 Å². The van der Waals surface area contributed by atoms with Crippen molar-refractivity contribution in [3.8, 4) is 28.0 Å². The summed E-state index contributed by atoms with van der Waals surface area (Å²) >= 11 is 0. The van der Waals surface area contributed by atoms with Gasteiger partial charge in [0, 0.05) is 16.5 Å². The summed E-state index contributed by atoms with van der Waals surface area (Å²) in [6.45, 7) is -0.825. The molecule has 4 aromatic rings. The Balaban J connectivity index is 1.66. The summed E-state index contributed by atoms with van der Waals surface area (Å²) in [5, 5.41) is 1.31. The van der Waals surface area contributed by atoms with Gasteiger partial charge in [0.1, 0.15) is 17.4 Å². The molecule has 158 valence electrons. The second-order valence-corrected chi connectivity index (χ2v) is 7.33. The van der Waals surface area contributed by atoms with Crippen molar-refractivity contribution in [2.45, 2.75) is 26.4 Å².